The minimum Gasteiger partial charge on any atom is -0.497 e. The lowest BCUT2D eigenvalue weighted by molar-refractivity contribution is -0.131. The number of carbonyl (C=O) groups is 3. The van der Waals surface area contributed by atoms with Gasteiger partial charge in [-0.2, -0.15) is 0 Å². The van der Waals surface area contributed by atoms with Crippen molar-refractivity contribution >= 4 is 24.0 Å². The number of hydrogen-bond acceptors (Lipinski definition) is 5. The van der Waals surface area contributed by atoms with Crippen LogP contribution >= 0.6 is 0 Å². The van der Waals surface area contributed by atoms with Crippen LogP contribution in [0.15, 0.2) is 30.3 Å². The van der Waals surface area contributed by atoms with E-state index in [1.54, 1.807) is 29.1 Å². The second kappa shape index (κ2) is 11.4. The lowest BCUT2D eigenvalue weighted by Gasteiger charge is -2.36. The van der Waals surface area contributed by atoms with Gasteiger partial charge in [-0.1, -0.05) is 12.1 Å². The van der Waals surface area contributed by atoms with Crippen LogP contribution < -0.4 is 10.1 Å². The third kappa shape index (κ3) is 7.50. The van der Waals surface area contributed by atoms with Crippen LogP contribution in [0, 0.1) is 5.92 Å². The van der Waals surface area contributed by atoms with Gasteiger partial charge in [0.25, 0.3) is 0 Å². The average molecular weight is 472 g/mol. The van der Waals surface area contributed by atoms with Crippen LogP contribution in [0.1, 0.15) is 52.0 Å². The van der Waals surface area contributed by atoms with Gasteiger partial charge < -0.3 is 24.6 Å². The highest BCUT2D eigenvalue weighted by molar-refractivity contribution is 5.92. The number of carbonyl (C=O) groups excluding carboxylic acids is 3. The Hall–Kier alpha value is -3.03. The molecule has 0 aliphatic carbocycles. The Morgan fingerprint density at radius 3 is 2.35 bits per heavy atom. The maximum Gasteiger partial charge on any atom is 0.410 e. The van der Waals surface area contributed by atoms with Crippen molar-refractivity contribution in [2.75, 3.05) is 33.3 Å². The molecule has 1 aromatic carbocycles. The van der Waals surface area contributed by atoms with Crippen molar-refractivity contribution in [3.63, 3.8) is 0 Å². The molecule has 0 aromatic heterocycles. The van der Waals surface area contributed by atoms with Gasteiger partial charge in [-0.25, -0.2) is 4.79 Å². The number of methoxy groups -OCH3 is 1. The predicted molar refractivity (Wildman–Crippen MR) is 130 cm³/mol. The second-order valence-corrected chi connectivity index (χ2v) is 10.0. The van der Waals surface area contributed by atoms with Crippen molar-refractivity contribution in [2.24, 2.45) is 5.92 Å². The van der Waals surface area contributed by atoms with E-state index in [4.69, 9.17) is 9.47 Å². The van der Waals surface area contributed by atoms with Crippen LogP contribution in [0.2, 0.25) is 0 Å². The van der Waals surface area contributed by atoms with E-state index in [9.17, 15) is 14.4 Å². The van der Waals surface area contributed by atoms with Crippen LogP contribution in [0.3, 0.4) is 0 Å². The van der Waals surface area contributed by atoms with E-state index in [1.165, 1.54) is 0 Å². The van der Waals surface area contributed by atoms with Gasteiger partial charge in [-0.15, -0.1) is 0 Å². The van der Waals surface area contributed by atoms with E-state index < -0.39 is 5.60 Å². The van der Waals surface area contributed by atoms with Crippen LogP contribution in [0.5, 0.6) is 5.75 Å². The molecule has 0 bridgehead atoms. The van der Waals surface area contributed by atoms with Gasteiger partial charge in [0.2, 0.25) is 11.8 Å². The Morgan fingerprint density at radius 1 is 1.00 bits per heavy atom. The number of nitrogens with zero attached hydrogens (tertiary/aromatic N) is 2. The number of piperidine rings is 2. The molecule has 0 radical (unpaired) electrons. The van der Waals surface area contributed by atoms with Crippen LogP contribution in [-0.2, 0) is 14.3 Å². The monoisotopic (exact) mass is 471 g/mol. The molecular formula is C26H37N3O5. The summed E-state index contributed by atoms with van der Waals surface area (Å²) in [7, 11) is 1.62. The number of hydrogen-bond donors (Lipinski definition) is 1. The lowest BCUT2D eigenvalue weighted by Crippen LogP contribution is -2.53. The van der Waals surface area contributed by atoms with Crippen LogP contribution in [-0.4, -0.2) is 72.6 Å². The van der Waals surface area contributed by atoms with Crippen molar-refractivity contribution in [3.05, 3.63) is 35.9 Å². The smallest absolute Gasteiger partial charge is 0.410 e. The van der Waals surface area contributed by atoms with Crippen molar-refractivity contribution in [1.29, 1.82) is 0 Å². The molecule has 0 saturated carbocycles. The summed E-state index contributed by atoms with van der Waals surface area (Å²) in [5, 5.41) is 3.12. The first-order valence-corrected chi connectivity index (χ1v) is 12.0. The summed E-state index contributed by atoms with van der Waals surface area (Å²) >= 11 is 0. The number of rotatable bonds is 5. The minimum atomic E-state index is -0.563. The lowest BCUT2D eigenvalue weighted by atomic mass is 9.96. The summed E-state index contributed by atoms with van der Waals surface area (Å²) < 4.78 is 10.6. The summed E-state index contributed by atoms with van der Waals surface area (Å²) in [4.78, 5) is 41.5. The third-order valence-electron chi connectivity index (χ3n) is 6.06. The van der Waals surface area contributed by atoms with E-state index in [2.05, 4.69) is 5.32 Å². The van der Waals surface area contributed by atoms with Crippen molar-refractivity contribution in [3.8, 4) is 5.75 Å². The first-order chi connectivity index (χ1) is 16.1. The summed E-state index contributed by atoms with van der Waals surface area (Å²) in [5.74, 6) is 0.387. The average Bonchev–Trinajstić information content (AvgIpc) is 2.82. The van der Waals surface area contributed by atoms with Gasteiger partial charge in [0.05, 0.1) is 13.0 Å². The molecule has 2 unspecified atom stereocenters. The molecule has 2 atom stereocenters. The van der Waals surface area contributed by atoms with E-state index in [1.807, 2.05) is 45.0 Å². The van der Waals surface area contributed by atoms with Crippen molar-refractivity contribution < 1.29 is 23.9 Å². The van der Waals surface area contributed by atoms with E-state index in [-0.39, 0.29) is 29.9 Å². The maximum absolute atomic E-state index is 12.9. The Morgan fingerprint density at radius 2 is 1.68 bits per heavy atom. The first-order valence-electron chi connectivity index (χ1n) is 12.0. The first kappa shape index (κ1) is 25.6. The van der Waals surface area contributed by atoms with Crippen LogP contribution in [0.4, 0.5) is 4.79 Å². The molecule has 2 aliphatic heterocycles. The largest absolute Gasteiger partial charge is 0.497 e. The number of benzene rings is 1. The molecule has 1 aromatic rings. The molecule has 3 rings (SSSR count). The summed E-state index contributed by atoms with van der Waals surface area (Å²) in [5.41, 5.74) is 0.356. The molecule has 2 aliphatic rings. The Bertz CT molecular complexity index is 891. The Kier molecular flexibility index (Phi) is 8.58. The molecule has 3 amide bonds. The zero-order valence-electron chi connectivity index (χ0n) is 20.7. The SMILES string of the molecule is COc1ccc(C=CC(=O)N2CCCC(NC(=O)C3CCCN(C(=O)OC(C)(C)C)C3)C2)cc1. The molecule has 2 saturated heterocycles. The summed E-state index contributed by atoms with van der Waals surface area (Å²) in [6, 6.07) is 7.41. The van der Waals surface area contributed by atoms with Crippen molar-refractivity contribution in [1.82, 2.24) is 15.1 Å². The minimum absolute atomic E-state index is 0.0543. The molecule has 8 heteroatoms. The fourth-order valence-electron chi connectivity index (χ4n) is 4.29. The molecule has 0 spiro atoms. The van der Waals surface area contributed by atoms with Crippen LogP contribution in [0.25, 0.3) is 6.08 Å². The molecular weight excluding hydrogens is 434 g/mol. The topological polar surface area (TPSA) is 88.2 Å². The number of ether oxygens (including phenoxy) is 2. The quantitative estimate of drug-likeness (QED) is 0.665. The van der Waals surface area contributed by atoms with Gasteiger partial charge >= 0.3 is 6.09 Å². The normalized spacial score (nSPS) is 21.3. The summed E-state index contributed by atoms with van der Waals surface area (Å²) in [6.07, 6.45) is 6.17. The van der Waals surface area contributed by atoms with Gasteiger partial charge in [0.15, 0.2) is 0 Å². The van der Waals surface area contributed by atoms with Crippen molar-refractivity contribution in [2.45, 2.75) is 58.1 Å². The number of likely N-dealkylation sites (tertiary alicyclic amines) is 2. The highest BCUT2D eigenvalue weighted by Crippen LogP contribution is 2.21. The van der Waals surface area contributed by atoms with Gasteiger partial charge in [-0.3, -0.25) is 9.59 Å². The molecule has 2 fully saturated rings. The maximum atomic E-state index is 12.9. The fraction of sp³-hybridized carbons (Fsp3) is 0.577. The highest BCUT2D eigenvalue weighted by Gasteiger charge is 2.32. The number of nitrogens with one attached hydrogen (secondary N) is 1. The predicted octanol–water partition coefficient (Wildman–Crippen LogP) is 3.46. The molecule has 8 nitrogen and oxygen atoms in total. The van der Waals surface area contributed by atoms with Gasteiger partial charge in [0.1, 0.15) is 11.4 Å². The number of amides is 3. The fourth-order valence-corrected chi connectivity index (χ4v) is 4.29. The van der Waals surface area contributed by atoms with E-state index in [0.717, 1.165) is 37.0 Å². The van der Waals surface area contributed by atoms with E-state index >= 15 is 0 Å². The molecule has 1 N–H and O–H groups in total. The Labute approximate surface area is 202 Å². The zero-order chi connectivity index (χ0) is 24.7. The highest BCUT2D eigenvalue weighted by atomic mass is 16.6. The molecule has 2 heterocycles. The third-order valence-corrected chi connectivity index (χ3v) is 6.06. The zero-order valence-corrected chi connectivity index (χ0v) is 20.7. The molecule has 186 valence electrons. The Balaban J connectivity index is 1.50. The standard InChI is InChI=1S/C26H37N3O5/c1-26(2,3)34-25(32)29-16-5-7-20(17-29)24(31)27-21-8-6-15-28(18-21)23(30)14-11-19-9-12-22(33-4)13-10-19/h9-14,20-21H,5-8,15-18H2,1-4H3,(H,27,31). The second-order valence-electron chi connectivity index (χ2n) is 10.0. The van der Waals surface area contributed by atoms with Gasteiger partial charge in [-0.05, 0) is 70.2 Å². The molecule has 34 heavy (non-hydrogen) atoms. The van der Waals surface area contributed by atoms with Gasteiger partial charge in [0, 0.05) is 38.3 Å². The van der Waals surface area contributed by atoms with E-state index in [0.29, 0.717) is 26.2 Å². The summed E-state index contributed by atoms with van der Waals surface area (Å²) in [6.45, 7) is 7.63.